The number of aryl methyl sites for hydroxylation is 1. The number of halogens is 1. The van der Waals surface area contributed by atoms with Gasteiger partial charge in [-0.2, -0.15) is 0 Å². The van der Waals surface area contributed by atoms with Crippen molar-refractivity contribution in [1.29, 1.82) is 0 Å². The standard InChI is InChI=1S/C24H27FN6O2/c1-2-16-10-20-21(29-23(16)32)9-15(12-26-20)14-30-5-7-31(8-6-30)18-11-19(25)22(27-13-18)24(33)28-17-3-4-17/h9-13,17H,2-8,14H2,1H3,(H,28,33)(H,29,32). The molecule has 0 spiro atoms. The summed E-state index contributed by atoms with van der Waals surface area (Å²) in [5, 5.41) is 2.77. The van der Waals surface area contributed by atoms with Gasteiger partial charge in [-0.15, -0.1) is 0 Å². The number of pyridine rings is 3. The molecule has 1 amide bonds. The fraction of sp³-hybridized carbons (Fsp3) is 0.417. The van der Waals surface area contributed by atoms with Gasteiger partial charge in [0.15, 0.2) is 11.5 Å². The predicted octanol–water partition coefficient (Wildman–Crippen LogP) is 2.23. The Morgan fingerprint density at radius 3 is 2.64 bits per heavy atom. The first-order chi connectivity index (χ1) is 16.0. The minimum Gasteiger partial charge on any atom is -0.368 e. The summed E-state index contributed by atoms with van der Waals surface area (Å²) in [6.45, 7) is 5.74. The highest BCUT2D eigenvalue weighted by atomic mass is 19.1. The summed E-state index contributed by atoms with van der Waals surface area (Å²) in [7, 11) is 0. The normalized spacial score (nSPS) is 16.8. The number of hydrogen-bond acceptors (Lipinski definition) is 6. The van der Waals surface area contributed by atoms with E-state index in [1.54, 1.807) is 6.20 Å². The van der Waals surface area contributed by atoms with E-state index in [1.807, 2.05) is 25.3 Å². The molecule has 1 saturated carbocycles. The molecule has 0 atom stereocenters. The number of H-pyrrole nitrogens is 1. The highest BCUT2D eigenvalue weighted by molar-refractivity contribution is 5.93. The first-order valence-corrected chi connectivity index (χ1v) is 11.4. The third-order valence-corrected chi connectivity index (χ3v) is 6.30. The summed E-state index contributed by atoms with van der Waals surface area (Å²) >= 11 is 0. The van der Waals surface area contributed by atoms with Gasteiger partial charge >= 0.3 is 0 Å². The summed E-state index contributed by atoms with van der Waals surface area (Å²) in [6.07, 6.45) is 6.01. The Morgan fingerprint density at radius 2 is 1.94 bits per heavy atom. The quantitative estimate of drug-likeness (QED) is 0.598. The van der Waals surface area contributed by atoms with Gasteiger partial charge in [0.05, 0.1) is 22.9 Å². The van der Waals surface area contributed by atoms with Crippen molar-refractivity contribution in [3.8, 4) is 0 Å². The van der Waals surface area contributed by atoms with Crippen molar-refractivity contribution in [1.82, 2.24) is 25.2 Å². The van der Waals surface area contributed by atoms with E-state index in [4.69, 9.17) is 0 Å². The number of rotatable bonds is 6. The molecule has 2 aliphatic rings. The minimum atomic E-state index is -0.587. The van der Waals surface area contributed by atoms with Crippen molar-refractivity contribution in [2.24, 2.45) is 0 Å². The van der Waals surface area contributed by atoms with E-state index >= 15 is 0 Å². The van der Waals surface area contributed by atoms with Gasteiger partial charge in [-0.1, -0.05) is 6.92 Å². The van der Waals surface area contributed by atoms with Gasteiger partial charge in [-0.05, 0) is 37.0 Å². The van der Waals surface area contributed by atoms with Crippen LogP contribution in [0.15, 0.2) is 35.4 Å². The predicted molar refractivity (Wildman–Crippen MR) is 124 cm³/mol. The maximum Gasteiger partial charge on any atom is 0.273 e. The van der Waals surface area contributed by atoms with Crippen LogP contribution in [0.1, 0.15) is 41.4 Å². The Labute approximate surface area is 190 Å². The van der Waals surface area contributed by atoms with Gasteiger partial charge < -0.3 is 15.2 Å². The van der Waals surface area contributed by atoms with Gasteiger partial charge in [-0.25, -0.2) is 9.37 Å². The second-order valence-electron chi connectivity index (χ2n) is 8.79. The molecule has 0 aromatic carbocycles. The molecule has 3 aromatic heterocycles. The molecular formula is C24H27FN6O2. The Kier molecular flexibility index (Phi) is 5.80. The van der Waals surface area contributed by atoms with Crippen molar-refractivity contribution < 1.29 is 9.18 Å². The van der Waals surface area contributed by atoms with Gasteiger partial charge in [0, 0.05) is 56.6 Å². The summed E-state index contributed by atoms with van der Waals surface area (Å²) in [4.78, 5) is 40.1. The van der Waals surface area contributed by atoms with E-state index in [2.05, 4.69) is 30.1 Å². The van der Waals surface area contributed by atoms with Crippen molar-refractivity contribution in [2.75, 3.05) is 31.1 Å². The molecule has 1 saturated heterocycles. The average Bonchev–Trinajstić information content (AvgIpc) is 3.63. The van der Waals surface area contributed by atoms with Gasteiger partial charge in [0.1, 0.15) is 0 Å². The number of hydrogen-bond donors (Lipinski definition) is 2. The van der Waals surface area contributed by atoms with E-state index in [1.165, 1.54) is 6.07 Å². The lowest BCUT2D eigenvalue weighted by atomic mass is 10.1. The molecule has 8 nitrogen and oxygen atoms in total. The van der Waals surface area contributed by atoms with E-state index in [0.717, 1.165) is 67.7 Å². The number of aromatic nitrogens is 3. The summed E-state index contributed by atoms with van der Waals surface area (Å²) < 4.78 is 14.5. The maximum absolute atomic E-state index is 14.5. The third-order valence-electron chi connectivity index (χ3n) is 6.30. The van der Waals surface area contributed by atoms with Crippen LogP contribution in [-0.4, -0.2) is 58.0 Å². The van der Waals surface area contributed by atoms with E-state index in [0.29, 0.717) is 12.1 Å². The van der Waals surface area contributed by atoms with Crippen LogP contribution in [-0.2, 0) is 13.0 Å². The van der Waals surface area contributed by atoms with Gasteiger partial charge in [-0.3, -0.25) is 19.5 Å². The van der Waals surface area contributed by atoms with Crippen LogP contribution in [0.25, 0.3) is 11.0 Å². The van der Waals surface area contributed by atoms with Gasteiger partial charge in [0.2, 0.25) is 0 Å². The molecule has 5 rings (SSSR count). The van der Waals surface area contributed by atoms with Crippen LogP contribution in [0.2, 0.25) is 0 Å². The molecule has 1 aliphatic carbocycles. The molecule has 1 aliphatic heterocycles. The molecule has 172 valence electrons. The number of nitrogens with one attached hydrogen (secondary N) is 2. The van der Waals surface area contributed by atoms with E-state index < -0.39 is 11.7 Å². The molecule has 0 bridgehead atoms. The van der Waals surface area contributed by atoms with Crippen LogP contribution in [0.4, 0.5) is 10.1 Å². The van der Waals surface area contributed by atoms with Crippen molar-refractivity contribution >= 4 is 22.6 Å². The van der Waals surface area contributed by atoms with Crippen molar-refractivity contribution in [2.45, 2.75) is 38.8 Å². The minimum absolute atomic E-state index is 0.0607. The van der Waals surface area contributed by atoms with E-state index in [-0.39, 0.29) is 17.3 Å². The lowest BCUT2D eigenvalue weighted by Crippen LogP contribution is -2.46. The van der Waals surface area contributed by atoms with Crippen molar-refractivity contribution in [3.05, 3.63) is 63.6 Å². The first-order valence-electron chi connectivity index (χ1n) is 11.4. The van der Waals surface area contributed by atoms with Crippen LogP contribution < -0.4 is 15.8 Å². The summed E-state index contributed by atoms with van der Waals surface area (Å²) in [5.41, 5.74) is 3.80. The Morgan fingerprint density at radius 1 is 1.15 bits per heavy atom. The largest absolute Gasteiger partial charge is 0.368 e. The zero-order valence-corrected chi connectivity index (χ0v) is 18.6. The SMILES string of the molecule is CCc1cc2ncc(CN3CCN(c4cnc(C(=O)NC5CC5)c(F)c4)CC3)cc2[nH]c1=O. The summed E-state index contributed by atoms with van der Waals surface area (Å²) in [5.74, 6) is -1.03. The third kappa shape index (κ3) is 4.73. The smallest absolute Gasteiger partial charge is 0.273 e. The van der Waals surface area contributed by atoms with Crippen LogP contribution in [0.5, 0.6) is 0 Å². The van der Waals surface area contributed by atoms with Gasteiger partial charge in [0.25, 0.3) is 11.5 Å². The lowest BCUT2D eigenvalue weighted by molar-refractivity contribution is 0.0941. The highest BCUT2D eigenvalue weighted by Crippen LogP contribution is 2.22. The number of fused-ring (bicyclic) bond motifs is 1. The van der Waals surface area contributed by atoms with Crippen LogP contribution in [0.3, 0.4) is 0 Å². The fourth-order valence-corrected chi connectivity index (χ4v) is 4.19. The molecule has 4 heterocycles. The van der Waals surface area contributed by atoms with Crippen molar-refractivity contribution in [3.63, 3.8) is 0 Å². The number of nitrogens with zero attached hydrogens (tertiary/aromatic N) is 4. The second kappa shape index (κ2) is 8.90. The lowest BCUT2D eigenvalue weighted by Gasteiger charge is -2.36. The topological polar surface area (TPSA) is 94.2 Å². The number of carbonyl (C=O) groups excluding carboxylic acids is 1. The first kappa shape index (κ1) is 21.5. The molecule has 0 radical (unpaired) electrons. The molecule has 2 fully saturated rings. The fourth-order valence-electron chi connectivity index (χ4n) is 4.19. The monoisotopic (exact) mass is 450 g/mol. The Bertz CT molecular complexity index is 1250. The number of anilines is 1. The number of aromatic amines is 1. The molecule has 9 heteroatoms. The second-order valence-corrected chi connectivity index (χ2v) is 8.79. The zero-order valence-electron chi connectivity index (χ0n) is 18.6. The zero-order chi connectivity index (χ0) is 22.9. The Balaban J connectivity index is 1.21. The van der Waals surface area contributed by atoms with Crippen LogP contribution in [0, 0.1) is 5.82 Å². The molecule has 3 aromatic rings. The molecule has 2 N–H and O–H groups in total. The molecular weight excluding hydrogens is 423 g/mol. The number of amides is 1. The maximum atomic E-state index is 14.5. The number of carbonyl (C=O) groups is 1. The Hall–Kier alpha value is -3.33. The van der Waals surface area contributed by atoms with E-state index in [9.17, 15) is 14.0 Å². The molecule has 0 unspecified atom stereocenters. The van der Waals surface area contributed by atoms with Crippen LogP contribution >= 0.6 is 0 Å². The highest BCUT2D eigenvalue weighted by Gasteiger charge is 2.26. The average molecular weight is 451 g/mol. The molecule has 33 heavy (non-hydrogen) atoms. The summed E-state index contributed by atoms with van der Waals surface area (Å²) in [6, 6.07) is 5.40. The number of piperazine rings is 1.